The maximum Gasteiger partial charge on any atom is 0.119 e. The van der Waals surface area contributed by atoms with Gasteiger partial charge in [0.15, 0.2) is 0 Å². The smallest absolute Gasteiger partial charge is 0.119 e. The molecule has 0 heterocycles. The lowest BCUT2D eigenvalue weighted by atomic mass is 10.1. The summed E-state index contributed by atoms with van der Waals surface area (Å²) in [6.45, 7) is 2.76. The Kier molecular flexibility index (Phi) is 4.04. The van der Waals surface area contributed by atoms with Crippen molar-refractivity contribution in [2.45, 2.75) is 13.5 Å². The molecule has 0 aliphatic heterocycles. The fourth-order valence-electron chi connectivity index (χ4n) is 1.87. The molecule has 0 aliphatic carbocycles. The SMILES string of the molecule is COc1ccc(NCc2ccc(C#N)cc2C)cc1. The molecule has 0 atom stereocenters. The van der Waals surface area contributed by atoms with Crippen LogP contribution in [0.3, 0.4) is 0 Å². The molecule has 0 bridgehead atoms. The zero-order chi connectivity index (χ0) is 13.7. The standard InChI is InChI=1S/C16H16N2O/c1-12-9-13(10-17)3-4-14(12)11-18-15-5-7-16(19-2)8-6-15/h3-9,18H,11H2,1-2H3. The maximum atomic E-state index is 8.83. The molecule has 0 unspecified atom stereocenters. The van der Waals surface area contributed by atoms with Crippen LogP contribution in [0.25, 0.3) is 0 Å². The molecule has 3 heteroatoms. The van der Waals surface area contributed by atoms with E-state index in [1.165, 1.54) is 5.56 Å². The van der Waals surface area contributed by atoms with E-state index in [0.717, 1.165) is 23.5 Å². The molecular formula is C16H16N2O. The van der Waals surface area contributed by atoms with E-state index in [1.54, 1.807) is 7.11 Å². The molecule has 0 spiro atoms. The van der Waals surface area contributed by atoms with E-state index in [0.29, 0.717) is 5.56 Å². The number of benzene rings is 2. The van der Waals surface area contributed by atoms with Gasteiger partial charge in [0.25, 0.3) is 0 Å². The lowest BCUT2D eigenvalue weighted by Gasteiger charge is -2.10. The minimum Gasteiger partial charge on any atom is -0.497 e. The van der Waals surface area contributed by atoms with Crippen molar-refractivity contribution in [3.63, 3.8) is 0 Å². The van der Waals surface area contributed by atoms with Crippen molar-refractivity contribution in [2.24, 2.45) is 0 Å². The van der Waals surface area contributed by atoms with Gasteiger partial charge in [-0.15, -0.1) is 0 Å². The van der Waals surface area contributed by atoms with Crippen LogP contribution in [-0.2, 0) is 6.54 Å². The molecule has 2 aromatic carbocycles. The van der Waals surface area contributed by atoms with E-state index < -0.39 is 0 Å². The number of hydrogen-bond donors (Lipinski definition) is 1. The molecule has 0 fully saturated rings. The number of nitriles is 1. The fourth-order valence-corrected chi connectivity index (χ4v) is 1.87. The fraction of sp³-hybridized carbons (Fsp3) is 0.188. The molecule has 19 heavy (non-hydrogen) atoms. The number of rotatable bonds is 4. The number of nitrogens with zero attached hydrogens (tertiary/aromatic N) is 1. The highest BCUT2D eigenvalue weighted by Gasteiger charge is 2.00. The monoisotopic (exact) mass is 252 g/mol. The second-order valence-corrected chi connectivity index (χ2v) is 4.34. The summed E-state index contributed by atoms with van der Waals surface area (Å²) in [6.07, 6.45) is 0. The van der Waals surface area contributed by atoms with Crippen molar-refractivity contribution in [1.29, 1.82) is 5.26 Å². The number of aryl methyl sites for hydroxylation is 1. The van der Waals surface area contributed by atoms with Crippen LogP contribution >= 0.6 is 0 Å². The zero-order valence-electron chi connectivity index (χ0n) is 11.1. The van der Waals surface area contributed by atoms with Crippen LogP contribution < -0.4 is 10.1 Å². The highest BCUT2D eigenvalue weighted by Crippen LogP contribution is 2.17. The average molecular weight is 252 g/mol. The number of hydrogen-bond acceptors (Lipinski definition) is 3. The lowest BCUT2D eigenvalue weighted by molar-refractivity contribution is 0.415. The quantitative estimate of drug-likeness (QED) is 0.906. The van der Waals surface area contributed by atoms with Crippen LogP contribution in [0, 0.1) is 18.3 Å². The Balaban J connectivity index is 2.04. The minimum atomic E-state index is 0.700. The third-order valence-corrected chi connectivity index (χ3v) is 3.04. The van der Waals surface area contributed by atoms with Gasteiger partial charge in [-0.05, 0) is 54.4 Å². The third kappa shape index (κ3) is 3.26. The molecule has 3 nitrogen and oxygen atoms in total. The molecule has 0 aromatic heterocycles. The van der Waals surface area contributed by atoms with Crippen molar-refractivity contribution in [2.75, 3.05) is 12.4 Å². The normalized spacial score (nSPS) is 9.74. The van der Waals surface area contributed by atoms with Crippen LogP contribution in [0.2, 0.25) is 0 Å². The molecule has 0 aliphatic rings. The molecule has 96 valence electrons. The van der Waals surface area contributed by atoms with E-state index in [-0.39, 0.29) is 0 Å². The van der Waals surface area contributed by atoms with Gasteiger partial charge in [-0.25, -0.2) is 0 Å². The van der Waals surface area contributed by atoms with E-state index in [9.17, 15) is 0 Å². The topological polar surface area (TPSA) is 45.0 Å². The van der Waals surface area contributed by atoms with E-state index in [1.807, 2.05) is 49.4 Å². The Hall–Kier alpha value is -2.47. The summed E-state index contributed by atoms with van der Waals surface area (Å²) in [6, 6.07) is 15.7. The van der Waals surface area contributed by atoms with Crippen molar-refractivity contribution < 1.29 is 4.74 Å². The van der Waals surface area contributed by atoms with Crippen molar-refractivity contribution in [3.05, 3.63) is 59.2 Å². The predicted octanol–water partition coefficient (Wildman–Crippen LogP) is 3.49. The first-order chi connectivity index (χ1) is 9.22. The second kappa shape index (κ2) is 5.92. The summed E-state index contributed by atoms with van der Waals surface area (Å²) < 4.78 is 5.12. The van der Waals surface area contributed by atoms with Gasteiger partial charge in [0.1, 0.15) is 5.75 Å². The highest BCUT2D eigenvalue weighted by atomic mass is 16.5. The van der Waals surface area contributed by atoms with Gasteiger partial charge in [-0.1, -0.05) is 6.07 Å². The molecule has 0 radical (unpaired) electrons. The van der Waals surface area contributed by atoms with Gasteiger partial charge >= 0.3 is 0 Å². The van der Waals surface area contributed by atoms with Crippen molar-refractivity contribution >= 4 is 5.69 Å². The molecule has 2 aromatic rings. The zero-order valence-corrected chi connectivity index (χ0v) is 11.1. The summed E-state index contributed by atoms with van der Waals surface area (Å²) in [5.74, 6) is 0.847. The Morgan fingerprint density at radius 1 is 1.16 bits per heavy atom. The summed E-state index contributed by atoms with van der Waals surface area (Å²) in [5.41, 5.74) is 4.06. The van der Waals surface area contributed by atoms with Crippen molar-refractivity contribution in [3.8, 4) is 11.8 Å². The van der Waals surface area contributed by atoms with Crippen LogP contribution in [0.1, 0.15) is 16.7 Å². The van der Waals surface area contributed by atoms with Gasteiger partial charge in [0, 0.05) is 12.2 Å². The molecule has 1 N–H and O–H groups in total. The van der Waals surface area contributed by atoms with Crippen molar-refractivity contribution in [1.82, 2.24) is 0 Å². The summed E-state index contributed by atoms with van der Waals surface area (Å²) in [5, 5.41) is 12.2. The maximum absolute atomic E-state index is 8.83. The number of nitrogens with one attached hydrogen (secondary N) is 1. The molecule has 0 saturated heterocycles. The van der Waals surface area contributed by atoms with Gasteiger partial charge in [-0.3, -0.25) is 0 Å². The minimum absolute atomic E-state index is 0.700. The van der Waals surface area contributed by atoms with Gasteiger partial charge in [0.2, 0.25) is 0 Å². The molecular weight excluding hydrogens is 236 g/mol. The Bertz CT molecular complexity index is 597. The first-order valence-corrected chi connectivity index (χ1v) is 6.10. The average Bonchev–Trinajstić information content (AvgIpc) is 2.46. The van der Waals surface area contributed by atoms with Gasteiger partial charge in [0.05, 0.1) is 18.7 Å². The summed E-state index contributed by atoms with van der Waals surface area (Å²) >= 11 is 0. The lowest BCUT2D eigenvalue weighted by Crippen LogP contribution is -2.01. The number of anilines is 1. The third-order valence-electron chi connectivity index (χ3n) is 3.04. The Morgan fingerprint density at radius 2 is 1.89 bits per heavy atom. The van der Waals surface area contributed by atoms with Gasteiger partial charge in [-0.2, -0.15) is 5.26 Å². The molecule has 2 rings (SSSR count). The predicted molar refractivity (Wildman–Crippen MR) is 76.2 cm³/mol. The van der Waals surface area contributed by atoms with Crippen LogP contribution in [0.4, 0.5) is 5.69 Å². The Morgan fingerprint density at radius 3 is 2.47 bits per heavy atom. The van der Waals surface area contributed by atoms with E-state index in [4.69, 9.17) is 10.00 Å². The van der Waals surface area contributed by atoms with Crippen LogP contribution in [0.5, 0.6) is 5.75 Å². The largest absolute Gasteiger partial charge is 0.497 e. The van der Waals surface area contributed by atoms with E-state index in [2.05, 4.69) is 11.4 Å². The number of ether oxygens (including phenoxy) is 1. The summed E-state index contributed by atoms with van der Waals surface area (Å²) in [4.78, 5) is 0. The number of methoxy groups -OCH3 is 1. The van der Waals surface area contributed by atoms with E-state index >= 15 is 0 Å². The first kappa shape index (κ1) is 13.0. The van der Waals surface area contributed by atoms with Crippen LogP contribution in [-0.4, -0.2) is 7.11 Å². The first-order valence-electron chi connectivity index (χ1n) is 6.10. The molecule has 0 saturated carbocycles. The Labute approximate surface area is 113 Å². The second-order valence-electron chi connectivity index (χ2n) is 4.34. The molecule has 0 amide bonds. The summed E-state index contributed by atoms with van der Waals surface area (Å²) in [7, 11) is 1.66. The van der Waals surface area contributed by atoms with Gasteiger partial charge < -0.3 is 10.1 Å². The van der Waals surface area contributed by atoms with Crippen LogP contribution in [0.15, 0.2) is 42.5 Å². The highest BCUT2D eigenvalue weighted by molar-refractivity contribution is 5.47.